The number of hydrogen-bond donors (Lipinski definition) is 0. The first-order chi connectivity index (χ1) is 22.6. The van der Waals surface area contributed by atoms with Gasteiger partial charge in [-0.1, -0.05) is 12.1 Å². The summed E-state index contributed by atoms with van der Waals surface area (Å²) in [6.07, 6.45) is 0. The van der Waals surface area contributed by atoms with Crippen LogP contribution >= 0.6 is 0 Å². The molecule has 0 saturated heterocycles. The lowest BCUT2D eigenvalue weighted by atomic mass is 10.0. The molecule has 12 heteroatoms. The van der Waals surface area contributed by atoms with Gasteiger partial charge in [0, 0.05) is 2.74 Å². The number of rotatable bonds is 3. The predicted molar refractivity (Wildman–Crippen MR) is 135 cm³/mol. The van der Waals surface area contributed by atoms with E-state index in [0.717, 1.165) is 0 Å². The summed E-state index contributed by atoms with van der Waals surface area (Å²) in [7, 11) is 0. The zero-order chi connectivity index (χ0) is 36.1. The molecular weight excluding hydrogens is 558 g/mol. The van der Waals surface area contributed by atoms with Gasteiger partial charge >= 0.3 is 0 Å². The lowest BCUT2D eigenvalue weighted by Crippen LogP contribution is -1.97. The molecule has 198 valence electrons. The van der Waals surface area contributed by atoms with E-state index in [1.165, 1.54) is 18.2 Å². The van der Waals surface area contributed by atoms with Gasteiger partial charge < -0.3 is 0 Å². The number of nitrogens with zero attached hydrogens (tertiary/aromatic N) is 6. The average molecular weight is 570 g/mol. The molecule has 6 nitrogen and oxygen atoms in total. The van der Waals surface area contributed by atoms with Crippen molar-refractivity contribution in [2.75, 3.05) is 0 Å². The minimum Gasteiger partial charge on any atom is -0.237 e. The fraction of sp³-hybridized carbons (Fsp3) is 0. The Kier molecular flexibility index (Phi) is 5.50. The highest BCUT2D eigenvalue weighted by atomic mass is 19.2. The minimum absolute atomic E-state index is 1.02. The van der Waals surface area contributed by atoms with Gasteiger partial charge in [0.1, 0.15) is 53.1 Å². The van der Waals surface area contributed by atoms with Gasteiger partial charge in [-0.25, -0.2) is 40.9 Å². The molecule has 42 heavy (non-hydrogen) atoms. The maximum absolute atomic E-state index is 15.5. The number of allylic oxidation sites excluding steroid dienone is 5. The maximum Gasteiger partial charge on any atom is 0.222 e. The van der Waals surface area contributed by atoms with Gasteiger partial charge in [-0.15, -0.1) is 0 Å². The lowest BCUT2D eigenvalue weighted by molar-refractivity contribution is 0.574. The van der Waals surface area contributed by atoms with Crippen LogP contribution in [0.3, 0.4) is 0 Å². The highest BCUT2D eigenvalue weighted by molar-refractivity contribution is 6.11. The van der Waals surface area contributed by atoms with Crippen molar-refractivity contribution in [1.82, 2.24) is 0 Å². The molecule has 0 aliphatic heterocycles. The van der Waals surface area contributed by atoms with Crippen molar-refractivity contribution in [2.24, 2.45) is 0 Å². The molecule has 1 aliphatic carbocycles. The summed E-state index contributed by atoms with van der Waals surface area (Å²) < 4.78 is 139. The molecule has 4 rings (SSSR count). The molecule has 0 spiro atoms. The molecule has 3 aromatic rings. The highest BCUT2D eigenvalue weighted by Crippen LogP contribution is 2.57. The van der Waals surface area contributed by atoms with Crippen LogP contribution in [0.2, 0.25) is 0 Å². The first-order valence-corrected chi connectivity index (χ1v) is 10.6. The van der Waals surface area contributed by atoms with E-state index in [-0.39, 0.29) is 0 Å². The quantitative estimate of drug-likeness (QED) is 0.181. The van der Waals surface area contributed by atoms with E-state index in [9.17, 15) is 15.8 Å². The van der Waals surface area contributed by atoms with Crippen molar-refractivity contribution >= 4 is 28.2 Å². The maximum atomic E-state index is 15.5. The second-order valence-electron chi connectivity index (χ2n) is 7.73. The van der Waals surface area contributed by atoms with E-state index < -0.39 is 138 Å². The third-order valence-corrected chi connectivity index (χ3v) is 5.66. The Hall–Kier alpha value is -6.60. The normalized spacial score (nSPS) is 17.1. The van der Waals surface area contributed by atoms with Crippen LogP contribution in [0.1, 0.15) is 30.5 Å². The van der Waals surface area contributed by atoms with E-state index in [4.69, 9.17) is 27.9 Å². The van der Waals surface area contributed by atoms with Crippen molar-refractivity contribution in [3.8, 4) is 18.2 Å². The molecular formula is C30H6F6N6. The molecule has 0 amide bonds. The van der Waals surface area contributed by atoms with Gasteiger partial charge in [-0.05, 0) is 40.9 Å². The summed E-state index contributed by atoms with van der Waals surface area (Å²) in [5.74, 6) is -11.6. The van der Waals surface area contributed by atoms with E-state index >= 15 is 26.3 Å². The van der Waals surface area contributed by atoms with Crippen molar-refractivity contribution in [2.45, 2.75) is 0 Å². The smallest absolute Gasteiger partial charge is 0.222 e. The Balaban J connectivity index is 2.40. The van der Waals surface area contributed by atoms with Crippen LogP contribution in [0.25, 0.3) is 31.4 Å². The lowest BCUT2D eigenvalue weighted by Gasteiger charge is -2.05. The zero-order valence-electron chi connectivity index (χ0n) is 26.0. The average Bonchev–Trinajstić information content (AvgIpc) is 3.78. The second kappa shape index (κ2) is 10.9. The molecule has 0 heterocycles. The van der Waals surface area contributed by atoms with Crippen LogP contribution in [0.15, 0.2) is 53.0 Å². The Morgan fingerprint density at radius 1 is 0.619 bits per heavy atom. The summed E-state index contributed by atoms with van der Waals surface area (Å²) in [6.45, 7) is 21.9. The van der Waals surface area contributed by atoms with Crippen molar-refractivity contribution < 1.29 is 34.6 Å². The largest absolute Gasteiger partial charge is 0.237 e. The Morgan fingerprint density at radius 2 is 1.05 bits per heavy atom. The fourth-order valence-electron chi connectivity index (χ4n) is 3.86. The van der Waals surface area contributed by atoms with Crippen molar-refractivity contribution in [1.29, 1.82) is 15.8 Å². The molecule has 0 N–H and O–H groups in total. The van der Waals surface area contributed by atoms with E-state index in [1.807, 2.05) is 0 Å². The van der Waals surface area contributed by atoms with Crippen LogP contribution in [0.4, 0.5) is 37.7 Å². The topological polar surface area (TPSA) is 84.5 Å². The van der Waals surface area contributed by atoms with Gasteiger partial charge in [0.05, 0.1) is 58.6 Å². The SMILES string of the molecule is [2H]c1c([2H])c(C#N)c(F)c(C([N+]#[C-])=C2C(=C(\C#N)c3c(F)c([2H])c([2H])c([N+]#[C-])c3F)/C2=C(\C#N)c2c(F)c([2H])c([2H])c([N+]#[C-])c2F)c1F. The van der Waals surface area contributed by atoms with Crippen LogP contribution in [-0.4, -0.2) is 0 Å². The Morgan fingerprint density at radius 3 is 1.43 bits per heavy atom. The highest BCUT2D eigenvalue weighted by Gasteiger charge is 2.44. The number of hydrogen-bond acceptors (Lipinski definition) is 3. The van der Waals surface area contributed by atoms with Gasteiger partial charge in [0.25, 0.3) is 0 Å². The standard InChI is InChI=1S/C30H6F6N6/c1-40-19-8-6-16(31)21(28(19)35)14(11-38)23-24(15(12-39)22-17(32)7-9-20(41-2)29(22)36)26(23)30(42-3)25-18(33)5-4-13(10-37)27(25)34/h4-9H/b23-14-,24-15+,30-26?/i4D,5D,6D,7D,8D,9D. The molecule has 1 saturated carbocycles. The molecule has 0 atom stereocenters. The predicted octanol–water partition coefficient (Wildman–Crippen LogP) is 8.09. The minimum atomic E-state index is -1.95. The van der Waals surface area contributed by atoms with E-state index in [1.54, 1.807) is 0 Å². The van der Waals surface area contributed by atoms with Gasteiger partial charge in [-0.2, -0.15) is 15.8 Å². The van der Waals surface area contributed by atoms with Crippen molar-refractivity contribution in [3.05, 3.63) is 144 Å². The molecule has 3 aromatic carbocycles. The van der Waals surface area contributed by atoms with E-state index in [2.05, 4.69) is 14.5 Å². The third kappa shape index (κ3) is 4.29. The summed E-state index contributed by atoms with van der Waals surface area (Å²) >= 11 is 0. The van der Waals surface area contributed by atoms with Crippen LogP contribution in [-0.2, 0) is 0 Å². The second-order valence-corrected chi connectivity index (χ2v) is 7.73. The Bertz CT molecular complexity index is 2170. The summed E-state index contributed by atoms with van der Waals surface area (Å²) in [5.41, 5.74) is -15.4. The molecule has 1 aliphatic rings. The molecule has 0 radical (unpaired) electrons. The van der Waals surface area contributed by atoms with Gasteiger partial charge in [-0.3, -0.25) is 0 Å². The van der Waals surface area contributed by atoms with Crippen LogP contribution in [0.5, 0.6) is 0 Å². The Labute approximate surface area is 241 Å². The number of benzene rings is 3. The molecule has 0 unspecified atom stereocenters. The summed E-state index contributed by atoms with van der Waals surface area (Å²) in [4.78, 5) is 8.32. The fourth-order valence-corrected chi connectivity index (χ4v) is 3.86. The summed E-state index contributed by atoms with van der Waals surface area (Å²) in [6, 6.07) is -4.26. The number of halogens is 6. The monoisotopic (exact) mass is 570 g/mol. The summed E-state index contributed by atoms with van der Waals surface area (Å²) in [5, 5.41) is 29.5. The first kappa shape index (κ1) is 21.2. The molecule has 0 bridgehead atoms. The first-order valence-electron chi connectivity index (χ1n) is 13.6. The number of nitriles is 3. The zero-order valence-corrected chi connectivity index (χ0v) is 20.0. The third-order valence-electron chi connectivity index (χ3n) is 5.66. The van der Waals surface area contributed by atoms with Crippen LogP contribution in [0, 0.1) is 88.6 Å². The van der Waals surface area contributed by atoms with Crippen molar-refractivity contribution in [3.63, 3.8) is 0 Å². The van der Waals surface area contributed by atoms with Gasteiger partial charge in [0.2, 0.25) is 17.1 Å². The van der Waals surface area contributed by atoms with Crippen LogP contribution < -0.4 is 0 Å². The van der Waals surface area contributed by atoms with Gasteiger partial charge in [0.15, 0.2) is 0 Å². The molecule has 0 aromatic heterocycles. The van der Waals surface area contributed by atoms with E-state index in [0.29, 0.717) is 0 Å². The molecule has 1 fully saturated rings.